The van der Waals surface area contributed by atoms with Crippen LogP contribution in [0.15, 0.2) is 24.3 Å². The minimum absolute atomic E-state index is 0.183. The molecule has 0 aliphatic carbocycles. The van der Waals surface area contributed by atoms with E-state index in [0.29, 0.717) is 12.2 Å². The third kappa shape index (κ3) is 2.02. The quantitative estimate of drug-likeness (QED) is 0.814. The van der Waals surface area contributed by atoms with Crippen molar-refractivity contribution in [3.63, 3.8) is 0 Å². The zero-order valence-corrected chi connectivity index (χ0v) is 10.4. The van der Waals surface area contributed by atoms with Crippen molar-refractivity contribution in [1.29, 1.82) is 5.26 Å². The number of benzene rings is 1. The number of para-hydroxylation sites is 1. The Balaban J connectivity index is 1.97. The number of anilines is 1. The zero-order valence-electron chi connectivity index (χ0n) is 10.4. The van der Waals surface area contributed by atoms with E-state index in [9.17, 15) is 0 Å². The van der Waals surface area contributed by atoms with Crippen molar-refractivity contribution in [2.75, 3.05) is 12.3 Å². The molecule has 3 N–H and O–H groups in total. The molecule has 0 spiro atoms. The second kappa shape index (κ2) is 4.65. The second-order valence-corrected chi connectivity index (χ2v) is 4.66. The Morgan fingerprint density at radius 2 is 2.26 bits per heavy atom. The van der Waals surface area contributed by atoms with Crippen molar-refractivity contribution in [1.82, 2.24) is 10.2 Å². The summed E-state index contributed by atoms with van der Waals surface area (Å²) in [4.78, 5) is 0. The molecule has 1 atom stereocenters. The lowest BCUT2D eigenvalue weighted by atomic mass is 9.92. The fourth-order valence-corrected chi connectivity index (χ4v) is 2.52. The van der Waals surface area contributed by atoms with Crippen LogP contribution in [-0.4, -0.2) is 16.8 Å². The molecular formula is C14H14N4O. The predicted octanol–water partition coefficient (Wildman–Crippen LogP) is 1.97. The fourth-order valence-electron chi connectivity index (χ4n) is 2.52. The van der Waals surface area contributed by atoms with Crippen LogP contribution >= 0.6 is 0 Å². The third-order valence-electron chi connectivity index (χ3n) is 3.51. The molecule has 0 saturated carbocycles. The molecule has 0 amide bonds. The fraction of sp³-hybridized carbons (Fsp3) is 0.286. The summed E-state index contributed by atoms with van der Waals surface area (Å²) in [5.74, 6) is 1.38. The molecule has 0 fully saturated rings. The second-order valence-electron chi connectivity index (χ2n) is 4.66. The highest BCUT2D eigenvalue weighted by molar-refractivity contribution is 5.52. The molecule has 1 unspecified atom stereocenters. The van der Waals surface area contributed by atoms with Gasteiger partial charge in [0.15, 0.2) is 5.82 Å². The lowest BCUT2D eigenvalue weighted by Gasteiger charge is -2.11. The van der Waals surface area contributed by atoms with Gasteiger partial charge in [0.1, 0.15) is 17.4 Å². The van der Waals surface area contributed by atoms with Gasteiger partial charge in [0, 0.05) is 5.92 Å². The Kier molecular flexibility index (Phi) is 2.84. The van der Waals surface area contributed by atoms with E-state index in [1.54, 1.807) is 0 Å². The summed E-state index contributed by atoms with van der Waals surface area (Å²) in [6.45, 7) is 0.630. The minimum Gasteiger partial charge on any atom is -0.493 e. The SMILES string of the molecule is N#Cc1c(N)n[nH]c1C1CCOc2ccccc2C1. The van der Waals surface area contributed by atoms with E-state index >= 15 is 0 Å². The summed E-state index contributed by atoms with van der Waals surface area (Å²) < 4.78 is 5.73. The van der Waals surface area contributed by atoms with E-state index < -0.39 is 0 Å². The van der Waals surface area contributed by atoms with Gasteiger partial charge in [-0.1, -0.05) is 18.2 Å². The molecule has 1 aliphatic heterocycles. The number of H-pyrrole nitrogens is 1. The number of nitrogen functional groups attached to an aromatic ring is 1. The number of nitriles is 1. The molecule has 0 bridgehead atoms. The van der Waals surface area contributed by atoms with Crippen molar-refractivity contribution in [3.8, 4) is 11.8 Å². The van der Waals surface area contributed by atoms with Crippen LogP contribution < -0.4 is 10.5 Å². The molecule has 5 nitrogen and oxygen atoms in total. The highest BCUT2D eigenvalue weighted by atomic mass is 16.5. The van der Waals surface area contributed by atoms with E-state index in [2.05, 4.69) is 22.3 Å². The number of aromatic nitrogens is 2. The number of aromatic amines is 1. The summed E-state index contributed by atoms with van der Waals surface area (Å²) >= 11 is 0. The van der Waals surface area contributed by atoms with Crippen LogP contribution in [0, 0.1) is 11.3 Å². The van der Waals surface area contributed by atoms with Gasteiger partial charge in [-0.25, -0.2) is 0 Å². The van der Waals surface area contributed by atoms with Gasteiger partial charge in [-0.15, -0.1) is 0 Å². The van der Waals surface area contributed by atoms with Crippen LogP contribution in [0.4, 0.5) is 5.82 Å². The Labute approximate surface area is 111 Å². The van der Waals surface area contributed by atoms with Crippen LogP contribution in [0.5, 0.6) is 5.75 Å². The average molecular weight is 254 g/mol. The topological polar surface area (TPSA) is 87.7 Å². The standard InChI is InChI=1S/C14H14N4O/c15-8-11-13(17-18-14(11)16)10-5-6-19-12-4-2-1-3-9(12)7-10/h1-4,10H,5-7H2,(H3,16,17,18). The Hall–Kier alpha value is -2.48. The molecule has 0 radical (unpaired) electrons. The number of ether oxygens (including phenoxy) is 1. The van der Waals surface area contributed by atoms with E-state index in [1.807, 2.05) is 18.2 Å². The Bertz CT molecular complexity index is 641. The number of nitrogens with two attached hydrogens (primary N) is 1. The van der Waals surface area contributed by atoms with Gasteiger partial charge in [-0.3, -0.25) is 5.10 Å². The molecule has 0 saturated heterocycles. The Morgan fingerprint density at radius 1 is 1.42 bits per heavy atom. The largest absolute Gasteiger partial charge is 0.493 e. The highest BCUT2D eigenvalue weighted by Crippen LogP contribution is 2.33. The van der Waals surface area contributed by atoms with Crippen molar-refractivity contribution in [2.24, 2.45) is 0 Å². The van der Waals surface area contributed by atoms with Crippen molar-refractivity contribution in [2.45, 2.75) is 18.8 Å². The van der Waals surface area contributed by atoms with Gasteiger partial charge in [0.25, 0.3) is 0 Å². The van der Waals surface area contributed by atoms with Crippen molar-refractivity contribution < 1.29 is 4.74 Å². The van der Waals surface area contributed by atoms with Gasteiger partial charge in [-0.05, 0) is 24.5 Å². The van der Waals surface area contributed by atoms with Crippen molar-refractivity contribution >= 4 is 5.82 Å². The smallest absolute Gasteiger partial charge is 0.163 e. The van der Waals surface area contributed by atoms with Crippen LogP contribution in [0.1, 0.15) is 29.2 Å². The maximum Gasteiger partial charge on any atom is 0.163 e. The number of hydrogen-bond acceptors (Lipinski definition) is 4. The number of nitrogens with one attached hydrogen (secondary N) is 1. The maximum absolute atomic E-state index is 9.16. The normalized spacial score (nSPS) is 17.9. The molecule has 3 rings (SSSR count). The highest BCUT2D eigenvalue weighted by Gasteiger charge is 2.24. The number of hydrogen-bond donors (Lipinski definition) is 2. The first-order valence-electron chi connectivity index (χ1n) is 6.24. The van der Waals surface area contributed by atoms with E-state index in [1.165, 1.54) is 0 Å². The first kappa shape index (κ1) is 11.6. The van der Waals surface area contributed by atoms with Gasteiger partial charge in [-0.2, -0.15) is 10.4 Å². The monoisotopic (exact) mass is 254 g/mol. The summed E-state index contributed by atoms with van der Waals surface area (Å²) in [5.41, 5.74) is 8.13. The molecule has 96 valence electrons. The van der Waals surface area contributed by atoms with Crippen LogP contribution in [0.25, 0.3) is 0 Å². The Morgan fingerprint density at radius 3 is 3.11 bits per heavy atom. The molecule has 1 aliphatic rings. The minimum atomic E-state index is 0.183. The van der Waals surface area contributed by atoms with E-state index in [-0.39, 0.29) is 11.7 Å². The van der Waals surface area contributed by atoms with Gasteiger partial charge < -0.3 is 10.5 Å². The summed E-state index contributed by atoms with van der Waals surface area (Å²) in [7, 11) is 0. The average Bonchev–Trinajstić information content (AvgIpc) is 2.68. The van der Waals surface area contributed by atoms with Crippen molar-refractivity contribution in [3.05, 3.63) is 41.1 Å². The number of fused-ring (bicyclic) bond motifs is 1. The molecule has 19 heavy (non-hydrogen) atoms. The molecule has 1 aromatic carbocycles. The predicted molar refractivity (Wildman–Crippen MR) is 70.7 cm³/mol. The molecule has 2 heterocycles. The number of rotatable bonds is 1. The first-order chi connectivity index (χ1) is 9.29. The van der Waals surface area contributed by atoms with Gasteiger partial charge in [0.2, 0.25) is 0 Å². The van der Waals surface area contributed by atoms with Crippen LogP contribution in [0.2, 0.25) is 0 Å². The van der Waals surface area contributed by atoms with E-state index in [0.717, 1.165) is 29.8 Å². The molecule has 2 aromatic rings. The van der Waals surface area contributed by atoms with Gasteiger partial charge >= 0.3 is 0 Å². The lowest BCUT2D eigenvalue weighted by Crippen LogP contribution is -2.06. The zero-order chi connectivity index (χ0) is 13.2. The molecule has 5 heteroatoms. The first-order valence-corrected chi connectivity index (χ1v) is 6.24. The maximum atomic E-state index is 9.16. The van der Waals surface area contributed by atoms with Crippen LogP contribution in [0.3, 0.4) is 0 Å². The summed E-state index contributed by atoms with van der Waals surface area (Å²) in [6, 6.07) is 10.1. The number of nitrogens with zero attached hydrogens (tertiary/aromatic N) is 2. The van der Waals surface area contributed by atoms with Crippen LogP contribution in [-0.2, 0) is 6.42 Å². The molecular weight excluding hydrogens is 240 g/mol. The third-order valence-corrected chi connectivity index (χ3v) is 3.51. The van der Waals surface area contributed by atoms with Gasteiger partial charge in [0.05, 0.1) is 12.3 Å². The lowest BCUT2D eigenvalue weighted by molar-refractivity contribution is 0.309. The van der Waals surface area contributed by atoms with E-state index in [4.69, 9.17) is 15.7 Å². The summed E-state index contributed by atoms with van der Waals surface area (Å²) in [6.07, 6.45) is 1.66. The summed E-state index contributed by atoms with van der Waals surface area (Å²) in [5, 5.41) is 16.0. The molecule has 1 aromatic heterocycles.